The van der Waals surface area contributed by atoms with Gasteiger partial charge in [0.1, 0.15) is 11.9 Å². The minimum absolute atomic E-state index is 0.352. The number of methoxy groups -OCH3 is 1. The zero-order valence-corrected chi connectivity index (χ0v) is 10.6. The van der Waals surface area contributed by atoms with Gasteiger partial charge in [-0.1, -0.05) is 26.0 Å². The largest absolute Gasteiger partial charge is 0.468 e. The Hall–Kier alpha value is -1.42. The molecule has 4 heteroatoms. The first-order valence-electron chi connectivity index (χ1n) is 5.40. The third-order valence-corrected chi connectivity index (χ3v) is 3.05. The molecule has 2 N–H and O–H groups in total. The lowest BCUT2D eigenvalue weighted by Crippen LogP contribution is -2.47. The average Bonchev–Trinajstić information content (AvgIpc) is 2.26. The number of hydrogen-bond acceptors (Lipinski definition) is 3. The number of hydrogen-bond donors (Lipinski definition) is 1. The maximum Gasteiger partial charge on any atom is 0.323 e. The van der Waals surface area contributed by atoms with Gasteiger partial charge in [0.05, 0.1) is 7.11 Å². The van der Waals surface area contributed by atoms with Crippen LogP contribution in [0.2, 0.25) is 0 Å². The number of aryl methyl sites for hydroxylation is 1. The molecule has 0 radical (unpaired) electrons. The third-order valence-electron chi connectivity index (χ3n) is 3.05. The third kappa shape index (κ3) is 2.64. The standard InChI is InChI=1S/C13H18FNO2/c1-8-5-6-9(10(14)7-8)13(2,3)11(15)12(16)17-4/h5-7,11H,15H2,1-4H3. The second-order valence-corrected chi connectivity index (χ2v) is 4.71. The van der Waals surface area contributed by atoms with Crippen molar-refractivity contribution in [2.45, 2.75) is 32.2 Å². The van der Waals surface area contributed by atoms with E-state index in [2.05, 4.69) is 4.74 Å². The highest BCUT2D eigenvalue weighted by molar-refractivity contribution is 5.77. The number of esters is 1. The fraction of sp³-hybridized carbons (Fsp3) is 0.462. The van der Waals surface area contributed by atoms with E-state index in [0.29, 0.717) is 5.56 Å². The molecule has 17 heavy (non-hydrogen) atoms. The molecule has 1 rings (SSSR count). The van der Waals surface area contributed by atoms with Crippen molar-refractivity contribution < 1.29 is 13.9 Å². The first kappa shape index (κ1) is 13.6. The average molecular weight is 239 g/mol. The van der Waals surface area contributed by atoms with Crippen molar-refractivity contribution in [3.63, 3.8) is 0 Å². The van der Waals surface area contributed by atoms with E-state index >= 15 is 0 Å². The predicted octanol–water partition coefficient (Wildman–Crippen LogP) is 1.91. The van der Waals surface area contributed by atoms with Crippen LogP contribution in [-0.2, 0) is 14.9 Å². The molecular formula is C13H18FNO2. The van der Waals surface area contributed by atoms with Gasteiger partial charge in [0.15, 0.2) is 0 Å². The summed E-state index contributed by atoms with van der Waals surface area (Å²) in [6.07, 6.45) is 0. The van der Waals surface area contributed by atoms with Crippen LogP contribution in [0.5, 0.6) is 0 Å². The highest BCUT2D eigenvalue weighted by Gasteiger charge is 2.36. The number of carbonyl (C=O) groups is 1. The van der Waals surface area contributed by atoms with Crippen molar-refractivity contribution in [3.05, 3.63) is 35.1 Å². The van der Waals surface area contributed by atoms with Crippen molar-refractivity contribution in [1.82, 2.24) is 0 Å². The zero-order valence-electron chi connectivity index (χ0n) is 10.6. The molecule has 0 amide bonds. The van der Waals surface area contributed by atoms with Gasteiger partial charge in [-0.15, -0.1) is 0 Å². The predicted molar refractivity (Wildman–Crippen MR) is 64.2 cm³/mol. The number of nitrogens with two attached hydrogens (primary N) is 1. The van der Waals surface area contributed by atoms with Gasteiger partial charge in [-0.2, -0.15) is 0 Å². The van der Waals surface area contributed by atoms with E-state index in [1.165, 1.54) is 13.2 Å². The highest BCUT2D eigenvalue weighted by Crippen LogP contribution is 2.29. The van der Waals surface area contributed by atoms with E-state index in [0.717, 1.165) is 5.56 Å². The van der Waals surface area contributed by atoms with Gasteiger partial charge in [0.25, 0.3) is 0 Å². The summed E-state index contributed by atoms with van der Waals surface area (Å²) >= 11 is 0. The second kappa shape index (κ2) is 4.84. The molecule has 0 aromatic heterocycles. The number of halogens is 1. The number of ether oxygens (including phenoxy) is 1. The molecule has 0 saturated heterocycles. The molecule has 0 aliphatic carbocycles. The van der Waals surface area contributed by atoms with E-state index < -0.39 is 17.4 Å². The minimum Gasteiger partial charge on any atom is -0.468 e. The molecule has 1 unspecified atom stereocenters. The highest BCUT2D eigenvalue weighted by atomic mass is 19.1. The topological polar surface area (TPSA) is 52.3 Å². The summed E-state index contributed by atoms with van der Waals surface area (Å²) in [7, 11) is 1.27. The van der Waals surface area contributed by atoms with Crippen molar-refractivity contribution in [3.8, 4) is 0 Å². The van der Waals surface area contributed by atoms with Crippen molar-refractivity contribution in [2.75, 3.05) is 7.11 Å². The Kier molecular flexibility index (Phi) is 3.88. The Labute approximate surface area is 101 Å². The molecule has 94 valence electrons. The summed E-state index contributed by atoms with van der Waals surface area (Å²) in [6.45, 7) is 5.25. The van der Waals surface area contributed by atoms with Crippen LogP contribution in [0.1, 0.15) is 25.0 Å². The Morgan fingerprint density at radius 3 is 2.53 bits per heavy atom. The summed E-state index contributed by atoms with van der Waals surface area (Å²) < 4.78 is 18.5. The molecule has 1 atom stereocenters. The summed E-state index contributed by atoms with van der Waals surface area (Å²) in [6, 6.07) is 3.99. The maximum atomic E-state index is 13.9. The van der Waals surface area contributed by atoms with Crippen LogP contribution in [0.3, 0.4) is 0 Å². The summed E-state index contributed by atoms with van der Waals surface area (Å²) in [5.74, 6) is -0.899. The maximum absolute atomic E-state index is 13.9. The van der Waals surface area contributed by atoms with Gasteiger partial charge in [0.2, 0.25) is 0 Å². The van der Waals surface area contributed by atoms with Crippen LogP contribution in [0.15, 0.2) is 18.2 Å². The molecular weight excluding hydrogens is 221 g/mol. The lowest BCUT2D eigenvalue weighted by molar-refractivity contribution is -0.143. The molecule has 0 fully saturated rings. The van der Waals surface area contributed by atoms with Gasteiger partial charge in [-0.25, -0.2) is 4.39 Å². The van der Waals surface area contributed by atoms with Crippen LogP contribution in [0.25, 0.3) is 0 Å². The molecule has 3 nitrogen and oxygen atoms in total. The first-order chi connectivity index (χ1) is 7.80. The molecule has 0 bridgehead atoms. The molecule has 1 aromatic carbocycles. The Morgan fingerprint density at radius 2 is 2.06 bits per heavy atom. The van der Waals surface area contributed by atoms with E-state index in [4.69, 9.17) is 5.73 Å². The monoisotopic (exact) mass is 239 g/mol. The van der Waals surface area contributed by atoms with Crippen LogP contribution in [0, 0.1) is 12.7 Å². The summed E-state index contributed by atoms with van der Waals surface area (Å²) in [5.41, 5.74) is 6.23. The fourth-order valence-corrected chi connectivity index (χ4v) is 1.73. The van der Waals surface area contributed by atoms with Crippen molar-refractivity contribution >= 4 is 5.97 Å². The zero-order chi connectivity index (χ0) is 13.2. The molecule has 0 saturated carbocycles. The van der Waals surface area contributed by atoms with Crippen LogP contribution >= 0.6 is 0 Å². The lowest BCUT2D eigenvalue weighted by Gasteiger charge is -2.30. The molecule has 0 aliphatic heterocycles. The quantitative estimate of drug-likeness (QED) is 0.820. The molecule has 0 heterocycles. The first-order valence-corrected chi connectivity index (χ1v) is 5.40. The lowest BCUT2D eigenvalue weighted by atomic mass is 9.77. The normalized spacial score (nSPS) is 13.3. The number of carbonyl (C=O) groups excluding carboxylic acids is 1. The van der Waals surface area contributed by atoms with Crippen molar-refractivity contribution in [1.29, 1.82) is 0 Å². The number of rotatable bonds is 3. The molecule has 1 aromatic rings. The van der Waals surface area contributed by atoms with Crippen LogP contribution < -0.4 is 5.73 Å². The molecule has 0 spiro atoms. The SMILES string of the molecule is COC(=O)C(N)C(C)(C)c1ccc(C)cc1F. The minimum atomic E-state index is -0.898. The van der Waals surface area contributed by atoms with Gasteiger partial charge in [0, 0.05) is 5.41 Å². The second-order valence-electron chi connectivity index (χ2n) is 4.71. The van der Waals surface area contributed by atoms with Gasteiger partial charge < -0.3 is 10.5 Å². The van der Waals surface area contributed by atoms with Crippen LogP contribution in [-0.4, -0.2) is 19.1 Å². The van der Waals surface area contributed by atoms with Crippen LogP contribution in [0.4, 0.5) is 4.39 Å². The van der Waals surface area contributed by atoms with Crippen molar-refractivity contribution in [2.24, 2.45) is 5.73 Å². The molecule has 0 aliphatic rings. The Morgan fingerprint density at radius 1 is 1.47 bits per heavy atom. The fourth-order valence-electron chi connectivity index (χ4n) is 1.73. The van der Waals surface area contributed by atoms with E-state index in [1.807, 2.05) is 0 Å². The Balaban J connectivity index is 3.16. The van der Waals surface area contributed by atoms with E-state index in [-0.39, 0.29) is 5.82 Å². The van der Waals surface area contributed by atoms with Gasteiger partial charge >= 0.3 is 5.97 Å². The number of benzene rings is 1. The van der Waals surface area contributed by atoms with Gasteiger partial charge in [-0.3, -0.25) is 4.79 Å². The Bertz CT molecular complexity index is 429. The smallest absolute Gasteiger partial charge is 0.323 e. The van der Waals surface area contributed by atoms with E-state index in [9.17, 15) is 9.18 Å². The van der Waals surface area contributed by atoms with Gasteiger partial charge in [-0.05, 0) is 24.1 Å². The summed E-state index contributed by atoms with van der Waals surface area (Å²) in [5, 5.41) is 0. The summed E-state index contributed by atoms with van der Waals surface area (Å²) in [4.78, 5) is 11.4. The van der Waals surface area contributed by atoms with E-state index in [1.54, 1.807) is 32.9 Å².